The largest absolute Gasteiger partial charge is 0.633 e. The van der Waals surface area contributed by atoms with E-state index >= 15 is 0 Å². The van der Waals surface area contributed by atoms with Crippen molar-refractivity contribution >= 4 is 0 Å². The lowest BCUT2D eigenvalue weighted by atomic mass is 10.1. The molecule has 0 fully saturated rings. The van der Waals surface area contributed by atoms with Gasteiger partial charge in [-0.15, -0.1) is 0 Å². The van der Waals surface area contributed by atoms with Gasteiger partial charge in [0, 0.05) is 0 Å². The molecule has 0 N–H and O–H groups in total. The van der Waals surface area contributed by atoms with E-state index in [1.165, 1.54) is 109 Å². The second kappa shape index (κ2) is 49.9. The zero-order chi connectivity index (χ0) is 51.7. The summed E-state index contributed by atoms with van der Waals surface area (Å²) in [5.74, 6) is 0. The molecule has 402 valence electrons. The SMILES string of the molecule is CCCCCCCC[N+](C)(C)[O-].CCCCCCC[N+](C)(C)[O-].CCCCCCC[N+](C)([O-])CCCCCCC.CCCC[N+]([O-])(CCCC)CCCC.CC[N+](C)(C)[O-].C[N+](C)(C)[O-]. The maximum absolute atomic E-state index is 12.3. The van der Waals surface area contributed by atoms with Gasteiger partial charge in [0.05, 0.1) is 123 Å². The zero-order valence-corrected chi connectivity index (χ0v) is 47.9. The Hall–Kier alpha value is -0.480. The van der Waals surface area contributed by atoms with Gasteiger partial charge in [-0.2, -0.15) is 0 Å². The van der Waals surface area contributed by atoms with Crippen LogP contribution in [0.15, 0.2) is 0 Å². The molecule has 0 saturated heterocycles. The minimum Gasteiger partial charge on any atom is -0.633 e. The summed E-state index contributed by atoms with van der Waals surface area (Å²) >= 11 is 0. The van der Waals surface area contributed by atoms with Crippen molar-refractivity contribution in [2.45, 2.75) is 229 Å². The van der Waals surface area contributed by atoms with Gasteiger partial charge in [-0.05, 0) is 77.6 Å². The number of quaternary nitrogens is 6. The van der Waals surface area contributed by atoms with Crippen LogP contribution in [0.5, 0.6) is 0 Å². The van der Waals surface area contributed by atoms with Crippen molar-refractivity contribution in [2.24, 2.45) is 0 Å². The average Bonchev–Trinajstić information content (AvgIpc) is 3.19. The highest BCUT2D eigenvalue weighted by molar-refractivity contribution is 4.49. The molecule has 0 unspecified atom stereocenters. The van der Waals surface area contributed by atoms with Crippen LogP contribution in [0, 0.1) is 31.2 Å². The van der Waals surface area contributed by atoms with E-state index in [-0.39, 0.29) is 27.9 Å². The van der Waals surface area contributed by atoms with E-state index in [0.717, 1.165) is 110 Å². The van der Waals surface area contributed by atoms with Crippen LogP contribution in [0.2, 0.25) is 0 Å². The fraction of sp³-hybridized carbons (Fsp3) is 1.00. The third-order valence-electron chi connectivity index (χ3n) is 10.8. The molecule has 0 radical (unpaired) electrons. The monoisotopic (exact) mass is 941 g/mol. The van der Waals surface area contributed by atoms with Crippen molar-refractivity contribution in [3.05, 3.63) is 31.2 Å². The summed E-state index contributed by atoms with van der Waals surface area (Å²) in [6, 6.07) is 0. The summed E-state index contributed by atoms with van der Waals surface area (Å²) in [6.45, 7) is 23.5. The van der Waals surface area contributed by atoms with E-state index in [2.05, 4.69) is 48.5 Å². The van der Waals surface area contributed by atoms with E-state index in [1.54, 1.807) is 63.4 Å². The van der Waals surface area contributed by atoms with Crippen molar-refractivity contribution < 1.29 is 27.9 Å². The summed E-state index contributed by atoms with van der Waals surface area (Å²) in [5.41, 5.74) is 0. The Kier molecular flexibility index (Phi) is 58.4. The van der Waals surface area contributed by atoms with E-state index in [1.807, 2.05) is 14.0 Å². The first-order chi connectivity index (χ1) is 30.0. The Morgan fingerprint density at radius 2 is 0.415 bits per heavy atom. The molecule has 0 heterocycles. The summed E-state index contributed by atoms with van der Waals surface area (Å²) in [6.07, 6.45) is 32.9. The Morgan fingerprint density at radius 3 is 0.600 bits per heavy atom. The third-order valence-corrected chi connectivity index (χ3v) is 10.8. The summed E-state index contributed by atoms with van der Waals surface area (Å²) in [4.78, 5) is 0. The van der Waals surface area contributed by atoms with Crippen LogP contribution in [-0.4, -0.2) is 151 Å². The molecule has 0 rings (SSSR count). The Labute approximate surface area is 409 Å². The fourth-order valence-corrected chi connectivity index (χ4v) is 6.25. The Morgan fingerprint density at radius 1 is 0.231 bits per heavy atom. The lowest BCUT2D eigenvalue weighted by Crippen LogP contribution is -2.44. The predicted octanol–water partition coefficient (Wildman–Crippen LogP) is 14.8. The van der Waals surface area contributed by atoms with E-state index in [9.17, 15) is 31.2 Å². The quantitative estimate of drug-likeness (QED) is 0.0352. The van der Waals surface area contributed by atoms with Gasteiger partial charge in [-0.3, -0.25) is 0 Å². The highest BCUT2D eigenvalue weighted by Crippen LogP contribution is 2.13. The molecule has 0 aliphatic rings. The lowest BCUT2D eigenvalue weighted by Gasteiger charge is -2.43. The Balaban J connectivity index is -0.000000167. The summed E-state index contributed by atoms with van der Waals surface area (Å²) in [5, 5.41) is 67.1. The lowest BCUT2D eigenvalue weighted by molar-refractivity contribution is -0.881. The van der Waals surface area contributed by atoms with Gasteiger partial charge < -0.3 is 59.1 Å². The zero-order valence-electron chi connectivity index (χ0n) is 47.9. The van der Waals surface area contributed by atoms with Gasteiger partial charge >= 0.3 is 0 Å². The van der Waals surface area contributed by atoms with Gasteiger partial charge in [0.15, 0.2) is 0 Å². The van der Waals surface area contributed by atoms with Gasteiger partial charge in [-0.1, -0.05) is 151 Å². The molecular formula is C53H124N6O6. The molecule has 0 bridgehead atoms. The average molecular weight is 942 g/mol. The molecule has 0 saturated carbocycles. The second-order valence-corrected chi connectivity index (χ2v) is 21.4. The maximum atomic E-state index is 12.3. The van der Waals surface area contributed by atoms with Crippen LogP contribution >= 0.6 is 0 Å². The van der Waals surface area contributed by atoms with Gasteiger partial charge in [0.25, 0.3) is 0 Å². The molecule has 0 aromatic carbocycles. The number of hydrogen-bond acceptors (Lipinski definition) is 6. The molecule has 0 aromatic heterocycles. The minimum absolute atomic E-state index is 0.0156. The highest BCUT2D eigenvalue weighted by Gasteiger charge is 2.14. The molecule has 0 aromatic rings. The van der Waals surface area contributed by atoms with Crippen LogP contribution in [0.25, 0.3) is 0 Å². The molecule has 0 amide bonds. The number of nitrogens with zero attached hydrogens (tertiary/aromatic N) is 6. The first-order valence-corrected chi connectivity index (χ1v) is 27.3. The van der Waals surface area contributed by atoms with Crippen LogP contribution in [0.4, 0.5) is 0 Å². The highest BCUT2D eigenvalue weighted by atomic mass is 16.6. The van der Waals surface area contributed by atoms with Crippen molar-refractivity contribution in [1.82, 2.24) is 0 Å². The smallest absolute Gasteiger partial charge is 0.0783 e. The van der Waals surface area contributed by atoms with Crippen molar-refractivity contribution in [3.8, 4) is 0 Å². The fourth-order valence-electron chi connectivity index (χ4n) is 6.25. The molecule has 0 aliphatic carbocycles. The number of unbranched alkanes of at least 4 members (excludes halogenated alkanes) is 20. The molecule has 0 aliphatic heterocycles. The van der Waals surface area contributed by atoms with Crippen LogP contribution in [0.3, 0.4) is 0 Å². The minimum atomic E-state index is -0.250. The van der Waals surface area contributed by atoms with E-state index in [4.69, 9.17) is 0 Å². The molecular weight excluding hydrogens is 817 g/mol. The van der Waals surface area contributed by atoms with Crippen molar-refractivity contribution in [3.63, 3.8) is 0 Å². The third kappa shape index (κ3) is 94.2. The van der Waals surface area contributed by atoms with E-state index < -0.39 is 0 Å². The first-order valence-electron chi connectivity index (χ1n) is 27.3. The molecule has 0 spiro atoms. The van der Waals surface area contributed by atoms with Crippen LogP contribution in [0.1, 0.15) is 229 Å². The maximum Gasteiger partial charge on any atom is 0.0783 e. The number of rotatable bonds is 35. The van der Waals surface area contributed by atoms with Crippen LogP contribution in [-0.2, 0) is 0 Å². The van der Waals surface area contributed by atoms with Crippen molar-refractivity contribution in [1.29, 1.82) is 0 Å². The molecule has 0 atom stereocenters. The summed E-state index contributed by atoms with van der Waals surface area (Å²) in [7, 11) is 16.7. The first kappa shape index (κ1) is 76.0. The number of hydroxylamine groups is 18. The number of hydrogen-bond donors (Lipinski definition) is 0. The normalized spacial score (nSPS) is 12.0. The second-order valence-electron chi connectivity index (χ2n) is 21.4. The van der Waals surface area contributed by atoms with Gasteiger partial charge in [-0.25, -0.2) is 0 Å². The van der Waals surface area contributed by atoms with Crippen LogP contribution < -0.4 is 0 Å². The summed E-state index contributed by atoms with van der Waals surface area (Å²) < 4.78 is -0.645. The van der Waals surface area contributed by atoms with Gasteiger partial charge in [0.1, 0.15) is 0 Å². The topological polar surface area (TPSA) is 138 Å². The molecule has 65 heavy (non-hydrogen) atoms. The predicted molar refractivity (Wildman–Crippen MR) is 290 cm³/mol. The molecule has 12 heteroatoms. The molecule has 12 nitrogen and oxygen atoms in total. The standard InChI is InChI=1S/C15H33NO.C12H27NO.C10H23NO.C9H21NO.C4H11NO.C3H9NO/c1-4-6-8-10-12-14-16(3,17)15-13-11-9-7-5-2;1-4-7-10-13(14,11-8-5-2)12-9-6-3;1-4-5-6-7-8-9-10-11(2,3)12;1-4-5-6-7-8-9-10(2,3)11;1-4-5(2,3)6;1-4(2,3)5/h4-15H2,1-3H3;4-12H2,1-3H3;4-10H2,1-3H3;4-9H2,1-3H3;4H2,1-3H3;1-3H3. The van der Waals surface area contributed by atoms with Crippen molar-refractivity contribution in [2.75, 3.05) is 123 Å². The van der Waals surface area contributed by atoms with E-state index in [0.29, 0.717) is 6.54 Å². The Bertz CT molecular complexity index is 842. The van der Waals surface area contributed by atoms with Gasteiger partial charge in [0.2, 0.25) is 0 Å².